The molecular weight excluding hydrogens is 270 g/mol. The molecule has 2 heterocycles. The third-order valence-corrected chi connectivity index (χ3v) is 3.69. The van der Waals surface area contributed by atoms with E-state index in [1.807, 2.05) is 0 Å². The number of hydrogen-bond donors (Lipinski definition) is 1. The van der Waals surface area contributed by atoms with Crippen LogP contribution in [-0.4, -0.2) is 54.2 Å². The molecule has 0 unspecified atom stereocenters. The topological polar surface area (TPSA) is 69.8 Å². The minimum absolute atomic E-state index is 0.265. The number of anilines is 1. The fourth-order valence-electron chi connectivity index (χ4n) is 2.32. The summed E-state index contributed by atoms with van der Waals surface area (Å²) < 4.78 is 5.55. The van der Waals surface area contributed by atoms with Crippen molar-refractivity contribution in [1.29, 1.82) is 0 Å². The van der Waals surface area contributed by atoms with Crippen LogP contribution in [0.3, 0.4) is 0 Å². The van der Waals surface area contributed by atoms with Gasteiger partial charge >= 0.3 is 5.97 Å². The van der Waals surface area contributed by atoms with Gasteiger partial charge in [-0.3, -0.25) is 0 Å². The van der Waals surface area contributed by atoms with Gasteiger partial charge < -0.3 is 19.3 Å². The third kappa shape index (κ3) is 2.90. The van der Waals surface area contributed by atoms with E-state index in [0.717, 1.165) is 37.4 Å². The van der Waals surface area contributed by atoms with Gasteiger partial charge in [0, 0.05) is 31.7 Å². The standard InChI is InChI=1S/C15H17N3O3/c1-17-6-8-18(9-7-17)15-16-13(10-21-15)11-2-4-12(5-3-11)14(19)20/h2-5,10H,6-9H2,1H3,(H,19,20). The fourth-order valence-corrected chi connectivity index (χ4v) is 2.32. The van der Waals surface area contributed by atoms with Gasteiger partial charge in [-0.15, -0.1) is 0 Å². The zero-order chi connectivity index (χ0) is 14.8. The van der Waals surface area contributed by atoms with E-state index in [9.17, 15) is 4.79 Å². The fraction of sp³-hybridized carbons (Fsp3) is 0.333. The SMILES string of the molecule is CN1CCN(c2nc(-c3ccc(C(=O)O)cc3)co2)CC1. The van der Waals surface area contributed by atoms with Crippen LogP contribution in [0.1, 0.15) is 10.4 Å². The van der Waals surface area contributed by atoms with Crippen molar-refractivity contribution < 1.29 is 14.3 Å². The summed E-state index contributed by atoms with van der Waals surface area (Å²) in [7, 11) is 2.10. The van der Waals surface area contributed by atoms with Crippen molar-refractivity contribution >= 4 is 12.0 Å². The minimum Gasteiger partial charge on any atom is -0.478 e. The number of rotatable bonds is 3. The second kappa shape index (κ2) is 5.57. The Morgan fingerprint density at radius 1 is 1.19 bits per heavy atom. The molecule has 1 aliphatic rings. The predicted molar refractivity (Wildman–Crippen MR) is 78.6 cm³/mol. The Hall–Kier alpha value is -2.34. The largest absolute Gasteiger partial charge is 0.478 e. The molecule has 0 radical (unpaired) electrons. The maximum absolute atomic E-state index is 10.8. The zero-order valence-electron chi connectivity index (χ0n) is 11.8. The molecule has 0 bridgehead atoms. The summed E-state index contributed by atoms with van der Waals surface area (Å²) in [4.78, 5) is 19.7. The summed E-state index contributed by atoms with van der Waals surface area (Å²) in [5.74, 6) is -0.931. The number of piperazine rings is 1. The first-order chi connectivity index (χ1) is 10.1. The number of aromatic nitrogens is 1. The van der Waals surface area contributed by atoms with E-state index in [1.165, 1.54) is 0 Å². The zero-order valence-corrected chi connectivity index (χ0v) is 11.8. The summed E-state index contributed by atoms with van der Waals surface area (Å²) in [6.45, 7) is 3.78. The smallest absolute Gasteiger partial charge is 0.335 e. The summed E-state index contributed by atoms with van der Waals surface area (Å²) >= 11 is 0. The van der Waals surface area contributed by atoms with Gasteiger partial charge in [0.1, 0.15) is 12.0 Å². The Labute approximate surface area is 122 Å². The molecule has 0 saturated carbocycles. The molecule has 6 heteroatoms. The van der Waals surface area contributed by atoms with Gasteiger partial charge in [-0.1, -0.05) is 12.1 Å². The van der Waals surface area contributed by atoms with Crippen LogP contribution in [0.25, 0.3) is 11.3 Å². The monoisotopic (exact) mass is 287 g/mol. The van der Waals surface area contributed by atoms with Crippen LogP contribution >= 0.6 is 0 Å². The normalized spacial score (nSPS) is 16.1. The minimum atomic E-state index is -0.931. The number of carbonyl (C=O) groups is 1. The molecule has 21 heavy (non-hydrogen) atoms. The molecule has 6 nitrogen and oxygen atoms in total. The van der Waals surface area contributed by atoms with Gasteiger partial charge in [0.15, 0.2) is 0 Å². The van der Waals surface area contributed by atoms with E-state index in [1.54, 1.807) is 30.5 Å². The van der Waals surface area contributed by atoms with Crippen molar-refractivity contribution in [1.82, 2.24) is 9.88 Å². The van der Waals surface area contributed by atoms with Crippen molar-refractivity contribution in [3.63, 3.8) is 0 Å². The lowest BCUT2D eigenvalue weighted by Gasteiger charge is -2.31. The van der Waals surface area contributed by atoms with Crippen LogP contribution in [0.5, 0.6) is 0 Å². The van der Waals surface area contributed by atoms with E-state index in [4.69, 9.17) is 9.52 Å². The molecule has 0 spiro atoms. The van der Waals surface area contributed by atoms with Crippen LogP contribution < -0.4 is 4.90 Å². The number of carboxylic acids is 1. The van der Waals surface area contributed by atoms with Crippen molar-refractivity contribution in [2.75, 3.05) is 38.1 Å². The first-order valence-corrected chi connectivity index (χ1v) is 6.86. The Morgan fingerprint density at radius 3 is 2.48 bits per heavy atom. The lowest BCUT2D eigenvalue weighted by molar-refractivity contribution is 0.0697. The summed E-state index contributed by atoms with van der Waals surface area (Å²) in [6.07, 6.45) is 1.61. The van der Waals surface area contributed by atoms with Crippen molar-refractivity contribution in [2.45, 2.75) is 0 Å². The van der Waals surface area contributed by atoms with E-state index >= 15 is 0 Å². The van der Waals surface area contributed by atoms with Crippen LogP contribution in [0.15, 0.2) is 34.9 Å². The van der Waals surface area contributed by atoms with Crippen LogP contribution in [0.2, 0.25) is 0 Å². The summed E-state index contributed by atoms with van der Waals surface area (Å²) in [5, 5.41) is 8.90. The molecule has 1 saturated heterocycles. The summed E-state index contributed by atoms with van der Waals surface area (Å²) in [5.41, 5.74) is 1.84. The van der Waals surface area contributed by atoms with Gasteiger partial charge in [0.25, 0.3) is 6.01 Å². The van der Waals surface area contributed by atoms with E-state index in [0.29, 0.717) is 6.01 Å². The van der Waals surface area contributed by atoms with Crippen molar-refractivity contribution in [3.05, 3.63) is 36.1 Å². The number of oxazole rings is 1. The van der Waals surface area contributed by atoms with E-state index in [2.05, 4.69) is 21.8 Å². The van der Waals surface area contributed by atoms with Gasteiger partial charge in [0.05, 0.1) is 5.56 Å². The molecule has 3 rings (SSSR count). The first-order valence-electron chi connectivity index (χ1n) is 6.86. The molecule has 1 fully saturated rings. The molecule has 0 amide bonds. The van der Waals surface area contributed by atoms with E-state index < -0.39 is 5.97 Å². The average Bonchev–Trinajstić information content (AvgIpc) is 2.98. The molecule has 1 aromatic carbocycles. The highest BCUT2D eigenvalue weighted by Gasteiger charge is 2.18. The molecule has 1 aliphatic heterocycles. The van der Waals surface area contributed by atoms with Gasteiger partial charge in [-0.25, -0.2) is 4.79 Å². The predicted octanol–water partition coefficient (Wildman–Crippen LogP) is 1.79. The quantitative estimate of drug-likeness (QED) is 0.928. The number of likely N-dealkylation sites (N-methyl/N-ethyl adjacent to an activating group) is 1. The second-order valence-electron chi connectivity index (χ2n) is 5.19. The molecule has 110 valence electrons. The Bertz CT molecular complexity index is 628. The molecule has 0 atom stereocenters. The van der Waals surface area contributed by atoms with Gasteiger partial charge in [-0.2, -0.15) is 4.98 Å². The number of nitrogens with zero attached hydrogens (tertiary/aromatic N) is 3. The van der Waals surface area contributed by atoms with Gasteiger partial charge in [0.2, 0.25) is 0 Å². The molecule has 2 aromatic rings. The highest BCUT2D eigenvalue weighted by Crippen LogP contribution is 2.23. The molecule has 1 N–H and O–H groups in total. The first kappa shape index (κ1) is 13.6. The van der Waals surface area contributed by atoms with Crippen molar-refractivity contribution in [2.24, 2.45) is 0 Å². The van der Waals surface area contributed by atoms with Gasteiger partial charge in [-0.05, 0) is 19.2 Å². The number of hydrogen-bond acceptors (Lipinski definition) is 5. The Kier molecular flexibility index (Phi) is 3.62. The second-order valence-corrected chi connectivity index (χ2v) is 5.19. The molecule has 1 aromatic heterocycles. The third-order valence-electron chi connectivity index (χ3n) is 3.69. The number of aromatic carboxylic acids is 1. The van der Waals surface area contributed by atoms with E-state index in [-0.39, 0.29) is 5.56 Å². The summed E-state index contributed by atoms with van der Waals surface area (Å²) in [6, 6.07) is 7.26. The highest BCUT2D eigenvalue weighted by atomic mass is 16.4. The maximum Gasteiger partial charge on any atom is 0.335 e. The Balaban J connectivity index is 1.76. The maximum atomic E-state index is 10.8. The highest BCUT2D eigenvalue weighted by molar-refractivity contribution is 5.88. The molecule has 0 aliphatic carbocycles. The van der Waals surface area contributed by atoms with Crippen LogP contribution in [0.4, 0.5) is 6.01 Å². The Morgan fingerprint density at radius 2 is 1.86 bits per heavy atom. The van der Waals surface area contributed by atoms with Crippen molar-refractivity contribution in [3.8, 4) is 11.3 Å². The van der Waals surface area contributed by atoms with Crippen LogP contribution in [0, 0.1) is 0 Å². The lowest BCUT2D eigenvalue weighted by Crippen LogP contribution is -2.44. The average molecular weight is 287 g/mol. The molecular formula is C15H17N3O3. The number of carboxylic acid groups (broad SMARTS) is 1. The number of benzene rings is 1. The van der Waals surface area contributed by atoms with Crippen LogP contribution in [-0.2, 0) is 0 Å². The lowest BCUT2D eigenvalue weighted by atomic mass is 10.1.